The Bertz CT molecular complexity index is 590. The molecular weight excluding hydrogens is 275 g/mol. The third-order valence-electron chi connectivity index (χ3n) is 3.39. The Labute approximate surface area is 133 Å². The molecule has 0 N–H and O–H groups in total. The molecule has 0 amide bonds. The highest BCUT2D eigenvalue weighted by Crippen LogP contribution is 2.29. The van der Waals surface area contributed by atoms with Crippen molar-refractivity contribution < 1.29 is 9.13 Å². The number of rotatable bonds is 5. The van der Waals surface area contributed by atoms with Crippen molar-refractivity contribution in [3.05, 3.63) is 72.2 Å². The van der Waals surface area contributed by atoms with Crippen LogP contribution in [0.3, 0.4) is 0 Å². The van der Waals surface area contributed by atoms with Crippen LogP contribution in [0.15, 0.2) is 60.9 Å². The van der Waals surface area contributed by atoms with Crippen LogP contribution in [-0.2, 0) is 4.74 Å². The summed E-state index contributed by atoms with van der Waals surface area (Å²) in [5, 5.41) is 0. The maximum absolute atomic E-state index is 14.3. The summed E-state index contributed by atoms with van der Waals surface area (Å²) in [6.07, 6.45) is 0. The first-order valence-corrected chi connectivity index (χ1v) is 7.80. The van der Waals surface area contributed by atoms with E-state index in [4.69, 9.17) is 4.74 Å². The Morgan fingerprint density at radius 1 is 1.14 bits per heavy atom. The van der Waals surface area contributed by atoms with E-state index in [2.05, 4.69) is 6.58 Å². The smallest absolute Gasteiger partial charge is 0.131 e. The lowest BCUT2D eigenvalue weighted by Gasteiger charge is -2.16. The van der Waals surface area contributed by atoms with E-state index in [1.54, 1.807) is 6.07 Å². The molecule has 2 aromatic rings. The molecule has 1 atom stereocenters. The lowest BCUT2D eigenvalue weighted by Crippen LogP contribution is -2.02. The molecule has 0 spiro atoms. The second-order valence-corrected chi connectivity index (χ2v) is 4.73. The van der Waals surface area contributed by atoms with Crippen LogP contribution in [0.25, 0.3) is 11.1 Å². The summed E-state index contributed by atoms with van der Waals surface area (Å²) in [7, 11) is 0. The van der Waals surface area contributed by atoms with E-state index in [0.717, 1.165) is 11.1 Å². The number of allylic oxidation sites excluding steroid dienone is 1. The van der Waals surface area contributed by atoms with E-state index in [1.165, 1.54) is 0 Å². The van der Waals surface area contributed by atoms with Crippen molar-refractivity contribution in [3.8, 4) is 11.1 Å². The molecule has 22 heavy (non-hydrogen) atoms. The Morgan fingerprint density at radius 3 is 2.32 bits per heavy atom. The van der Waals surface area contributed by atoms with Gasteiger partial charge in [-0.15, -0.1) is 0 Å². The molecule has 2 rings (SSSR count). The van der Waals surface area contributed by atoms with Crippen LogP contribution in [0, 0.1) is 5.82 Å². The predicted molar refractivity (Wildman–Crippen MR) is 92.4 cm³/mol. The summed E-state index contributed by atoms with van der Waals surface area (Å²) in [6.45, 7) is 12.3. The molecule has 0 fully saturated rings. The molecule has 2 aromatic carbocycles. The van der Waals surface area contributed by atoms with Crippen molar-refractivity contribution in [2.24, 2.45) is 0 Å². The van der Waals surface area contributed by atoms with E-state index in [9.17, 15) is 4.39 Å². The van der Waals surface area contributed by atoms with Gasteiger partial charge in [-0.2, -0.15) is 0 Å². The number of hydrogen-bond donors (Lipinski definition) is 0. The van der Waals surface area contributed by atoms with Gasteiger partial charge >= 0.3 is 0 Å². The van der Waals surface area contributed by atoms with Gasteiger partial charge in [-0.3, -0.25) is 0 Å². The maximum Gasteiger partial charge on any atom is 0.131 e. The fourth-order valence-corrected chi connectivity index (χ4v) is 2.15. The number of benzene rings is 2. The van der Waals surface area contributed by atoms with Gasteiger partial charge in [-0.25, -0.2) is 4.39 Å². The predicted octanol–water partition coefficient (Wildman–Crippen LogP) is 6.17. The van der Waals surface area contributed by atoms with Crippen LogP contribution in [0.2, 0.25) is 0 Å². The van der Waals surface area contributed by atoms with Gasteiger partial charge in [0.15, 0.2) is 0 Å². The molecule has 0 saturated carbocycles. The number of ether oxygens (including phenoxy) is 1. The minimum absolute atomic E-state index is 0.0192. The van der Waals surface area contributed by atoms with Crippen molar-refractivity contribution in [1.82, 2.24) is 0 Å². The van der Waals surface area contributed by atoms with E-state index in [1.807, 2.05) is 70.2 Å². The Kier molecular flexibility index (Phi) is 7.38. The third-order valence-corrected chi connectivity index (χ3v) is 3.39. The van der Waals surface area contributed by atoms with Crippen LogP contribution >= 0.6 is 0 Å². The van der Waals surface area contributed by atoms with Crippen LogP contribution in [0.4, 0.5) is 4.39 Å². The van der Waals surface area contributed by atoms with E-state index < -0.39 is 0 Å². The van der Waals surface area contributed by atoms with Crippen molar-refractivity contribution >= 4 is 0 Å². The van der Waals surface area contributed by atoms with Crippen molar-refractivity contribution in [1.29, 1.82) is 0 Å². The average Bonchev–Trinajstić information content (AvgIpc) is 2.57. The van der Waals surface area contributed by atoms with E-state index in [0.29, 0.717) is 17.9 Å². The molecule has 0 heterocycles. The lowest BCUT2D eigenvalue weighted by atomic mass is 9.96. The number of hydrogen-bond acceptors (Lipinski definition) is 1. The Balaban J connectivity index is 0.00000116. The van der Waals surface area contributed by atoms with Crippen LogP contribution in [0.1, 0.15) is 39.2 Å². The van der Waals surface area contributed by atoms with Gasteiger partial charge in [-0.1, -0.05) is 69.8 Å². The molecule has 0 aliphatic carbocycles. The summed E-state index contributed by atoms with van der Waals surface area (Å²) in [5.41, 5.74) is 2.37. The summed E-state index contributed by atoms with van der Waals surface area (Å²) >= 11 is 0. The molecule has 0 aliphatic heterocycles. The van der Waals surface area contributed by atoms with E-state index >= 15 is 0 Å². The summed E-state index contributed by atoms with van der Waals surface area (Å²) in [6, 6.07) is 14.9. The summed E-state index contributed by atoms with van der Waals surface area (Å²) in [4.78, 5) is 0. The van der Waals surface area contributed by atoms with Crippen molar-refractivity contribution in [3.63, 3.8) is 0 Å². The van der Waals surface area contributed by atoms with Crippen LogP contribution in [-0.4, -0.2) is 6.61 Å². The average molecular weight is 300 g/mol. The SMILES string of the molecule is C=C(OCC)C(C)c1ccc(-c2ccccc2)c(F)c1.CC. The second kappa shape index (κ2) is 9.04. The second-order valence-electron chi connectivity index (χ2n) is 4.73. The zero-order chi connectivity index (χ0) is 16.5. The monoisotopic (exact) mass is 300 g/mol. The van der Waals surface area contributed by atoms with Crippen LogP contribution < -0.4 is 0 Å². The third kappa shape index (κ3) is 4.45. The molecular formula is C20H25FO. The van der Waals surface area contributed by atoms with Gasteiger partial charge in [0.1, 0.15) is 5.82 Å². The molecule has 0 aliphatic rings. The first-order valence-electron chi connectivity index (χ1n) is 7.80. The van der Waals surface area contributed by atoms with Gasteiger partial charge in [0, 0.05) is 11.5 Å². The molecule has 118 valence electrons. The zero-order valence-corrected chi connectivity index (χ0v) is 13.9. The molecule has 1 nitrogen and oxygen atoms in total. The van der Waals surface area contributed by atoms with Gasteiger partial charge in [-0.05, 0) is 24.1 Å². The quantitative estimate of drug-likeness (QED) is 0.600. The first kappa shape index (κ1) is 18.0. The minimum Gasteiger partial charge on any atom is -0.498 e. The van der Waals surface area contributed by atoms with Crippen LogP contribution in [0.5, 0.6) is 0 Å². The summed E-state index contributed by atoms with van der Waals surface area (Å²) in [5.74, 6) is 0.429. The zero-order valence-electron chi connectivity index (χ0n) is 13.9. The highest BCUT2D eigenvalue weighted by atomic mass is 19.1. The summed E-state index contributed by atoms with van der Waals surface area (Å²) < 4.78 is 19.7. The molecule has 0 aromatic heterocycles. The normalized spacial score (nSPS) is 11.1. The Morgan fingerprint density at radius 2 is 1.77 bits per heavy atom. The fraction of sp³-hybridized carbons (Fsp3) is 0.300. The lowest BCUT2D eigenvalue weighted by molar-refractivity contribution is 0.213. The molecule has 1 unspecified atom stereocenters. The number of halogens is 1. The van der Waals surface area contributed by atoms with Gasteiger partial charge in [0.05, 0.1) is 12.4 Å². The topological polar surface area (TPSA) is 9.23 Å². The molecule has 0 saturated heterocycles. The molecule has 0 radical (unpaired) electrons. The molecule has 0 bridgehead atoms. The van der Waals surface area contributed by atoms with Gasteiger partial charge in [0.25, 0.3) is 0 Å². The van der Waals surface area contributed by atoms with Crippen molar-refractivity contribution in [2.45, 2.75) is 33.6 Å². The van der Waals surface area contributed by atoms with E-state index in [-0.39, 0.29) is 11.7 Å². The first-order chi connectivity index (χ1) is 10.6. The largest absolute Gasteiger partial charge is 0.498 e. The highest BCUT2D eigenvalue weighted by molar-refractivity contribution is 5.64. The Hall–Kier alpha value is -2.09. The van der Waals surface area contributed by atoms with Crippen molar-refractivity contribution in [2.75, 3.05) is 6.61 Å². The van der Waals surface area contributed by atoms with Gasteiger partial charge in [0.2, 0.25) is 0 Å². The molecule has 2 heteroatoms. The highest BCUT2D eigenvalue weighted by Gasteiger charge is 2.13. The minimum atomic E-state index is -0.218. The standard InChI is InChI=1S/C18H19FO.C2H6/c1-4-20-14(3)13(2)16-10-11-17(18(19)12-16)15-8-6-5-7-9-15;1-2/h5-13H,3-4H2,1-2H3;1-2H3. The maximum atomic E-state index is 14.3. The fourth-order valence-electron chi connectivity index (χ4n) is 2.15. The van der Waals surface area contributed by atoms with Gasteiger partial charge < -0.3 is 4.74 Å².